The second-order valence-corrected chi connectivity index (χ2v) is 14.5. The van der Waals surface area contributed by atoms with Gasteiger partial charge in [0, 0.05) is 43.5 Å². The Kier molecular flexibility index (Phi) is 11.9. The van der Waals surface area contributed by atoms with Gasteiger partial charge >= 0.3 is 18.3 Å². The average molecular weight is 890 g/mol. The SMILES string of the molecule is Cc1nc2c(N3CCOCC3)cc(-c3ccccc3C(F)(F)F)nn2c1C(=O)Nc1cccnn1.Cc1nc2c(N3CCOCC3)cc(-c3ccccc3C(F)(F)F)nn2c1C(=O)O. The molecule has 2 aliphatic rings. The Morgan fingerprint density at radius 3 is 1.55 bits per heavy atom. The van der Waals surface area contributed by atoms with Crippen LogP contribution in [0.5, 0.6) is 0 Å². The van der Waals surface area contributed by atoms with E-state index in [2.05, 4.69) is 35.7 Å². The zero-order valence-corrected chi connectivity index (χ0v) is 34.0. The molecule has 2 aliphatic heterocycles. The Balaban J connectivity index is 0.000000178. The predicted octanol–water partition coefficient (Wildman–Crippen LogP) is 6.86. The van der Waals surface area contributed by atoms with Gasteiger partial charge in [-0.05, 0) is 50.2 Å². The molecule has 9 rings (SSSR count). The van der Waals surface area contributed by atoms with E-state index in [0.29, 0.717) is 75.3 Å². The van der Waals surface area contributed by atoms with Crippen molar-refractivity contribution in [3.8, 4) is 22.5 Å². The highest BCUT2D eigenvalue weighted by molar-refractivity contribution is 6.04. The number of morpholine rings is 2. The zero-order valence-electron chi connectivity index (χ0n) is 34.0. The Morgan fingerprint density at radius 2 is 1.11 bits per heavy atom. The average Bonchev–Trinajstić information content (AvgIpc) is 3.81. The molecule has 0 unspecified atom stereocenters. The summed E-state index contributed by atoms with van der Waals surface area (Å²) in [6.07, 6.45) is -7.69. The van der Waals surface area contributed by atoms with Gasteiger partial charge in [-0.3, -0.25) is 4.79 Å². The molecule has 64 heavy (non-hydrogen) atoms. The summed E-state index contributed by atoms with van der Waals surface area (Å²) in [4.78, 5) is 37.7. The van der Waals surface area contributed by atoms with Crippen LogP contribution in [0, 0.1) is 13.8 Å². The molecule has 7 aromatic rings. The number of aromatic carboxylic acids is 1. The molecule has 2 N–H and O–H groups in total. The molecule has 5 aromatic heterocycles. The molecule has 0 atom stereocenters. The van der Waals surface area contributed by atoms with Crippen LogP contribution < -0.4 is 15.1 Å². The third-order valence-electron chi connectivity index (χ3n) is 10.4. The lowest BCUT2D eigenvalue weighted by atomic mass is 10.0. The van der Waals surface area contributed by atoms with E-state index < -0.39 is 35.4 Å². The first-order valence-corrected chi connectivity index (χ1v) is 19.7. The number of carboxylic acids is 1. The van der Waals surface area contributed by atoms with Gasteiger partial charge in [0.05, 0.1) is 71.7 Å². The number of carbonyl (C=O) groups excluding carboxylic acids is 1. The molecule has 332 valence electrons. The van der Waals surface area contributed by atoms with E-state index in [4.69, 9.17) is 9.47 Å². The molecule has 7 heterocycles. The number of nitrogens with one attached hydrogen (secondary N) is 1. The van der Waals surface area contributed by atoms with Crippen molar-refractivity contribution in [2.45, 2.75) is 26.2 Å². The Hall–Kier alpha value is -7.20. The van der Waals surface area contributed by atoms with Gasteiger partial charge in [0.15, 0.2) is 28.5 Å². The van der Waals surface area contributed by atoms with Crippen molar-refractivity contribution in [3.05, 3.63) is 113 Å². The molecule has 0 aliphatic carbocycles. The van der Waals surface area contributed by atoms with Crippen molar-refractivity contribution < 1.29 is 50.5 Å². The van der Waals surface area contributed by atoms with Gasteiger partial charge in [0.2, 0.25) is 0 Å². The van der Waals surface area contributed by atoms with Gasteiger partial charge in [-0.15, -0.1) is 5.10 Å². The van der Waals surface area contributed by atoms with Crippen molar-refractivity contribution >= 4 is 40.4 Å². The summed E-state index contributed by atoms with van der Waals surface area (Å²) in [6, 6.07) is 16.6. The maximum atomic E-state index is 13.8. The van der Waals surface area contributed by atoms with E-state index in [1.165, 1.54) is 60.1 Å². The first-order chi connectivity index (χ1) is 30.6. The quantitative estimate of drug-likeness (QED) is 0.159. The number of nitrogens with zero attached hydrogens (tertiary/aromatic N) is 10. The Labute approximate surface area is 359 Å². The number of fused-ring (bicyclic) bond motifs is 2. The molecule has 0 radical (unpaired) electrons. The van der Waals surface area contributed by atoms with Crippen LogP contribution >= 0.6 is 0 Å². The summed E-state index contributed by atoms with van der Waals surface area (Å²) in [6.45, 7) is 7.06. The van der Waals surface area contributed by atoms with Crippen LogP contribution in [0.4, 0.5) is 43.5 Å². The van der Waals surface area contributed by atoms with E-state index in [1.54, 1.807) is 25.1 Å². The monoisotopic (exact) mass is 889 g/mol. The highest BCUT2D eigenvalue weighted by Crippen LogP contribution is 2.40. The van der Waals surface area contributed by atoms with E-state index in [1.807, 2.05) is 9.80 Å². The number of rotatable bonds is 7. The molecule has 0 saturated carbocycles. The normalized spacial score (nSPS) is 14.7. The van der Waals surface area contributed by atoms with Crippen LogP contribution in [0.25, 0.3) is 33.8 Å². The molecular weight excluding hydrogens is 853 g/mol. The van der Waals surface area contributed by atoms with Crippen LogP contribution in [-0.4, -0.2) is 109 Å². The number of alkyl halides is 6. The number of aryl methyl sites for hydroxylation is 2. The fourth-order valence-corrected chi connectivity index (χ4v) is 7.52. The largest absolute Gasteiger partial charge is 0.476 e. The number of benzene rings is 2. The molecule has 16 nitrogen and oxygen atoms in total. The molecule has 2 saturated heterocycles. The molecule has 1 amide bonds. The molecule has 0 spiro atoms. The minimum atomic E-state index is -4.58. The summed E-state index contributed by atoms with van der Waals surface area (Å²) in [5.41, 5.74) is 0.463. The second-order valence-electron chi connectivity index (χ2n) is 14.5. The van der Waals surface area contributed by atoms with Gasteiger partial charge < -0.3 is 29.7 Å². The van der Waals surface area contributed by atoms with Crippen molar-refractivity contribution in [1.29, 1.82) is 0 Å². The minimum absolute atomic E-state index is 0.0202. The summed E-state index contributed by atoms with van der Waals surface area (Å²) in [5, 5.41) is 28.5. The van der Waals surface area contributed by atoms with Gasteiger partial charge in [0.25, 0.3) is 5.91 Å². The first kappa shape index (κ1) is 43.4. The summed E-state index contributed by atoms with van der Waals surface area (Å²) in [7, 11) is 0. The zero-order chi connectivity index (χ0) is 45.3. The Morgan fingerprint density at radius 1 is 0.656 bits per heavy atom. The number of carboxylic acid groups (broad SMARTS) is 1. The third-order valence-corrected chi connectivity index (χ3v) is 10.4. The molecular formula is C42H37F6N11O5. The fraction of sp³-hybridized carbons (Fsp3) is 0.286. The number of imidazole rings is 2. The number of halogens is 6. The summed E-state index contributed by atoms with van der Waals surface area (Å²) in [5.74, 6) is -1.59. The van der Waals surface area contributed by atoms with Crippen LogP contribution in [0.1, 0.15) is 43.5 Å². The topological polar surface area (TPSA) is 177 Å². The van der Waals surface area contributed by atoms with Gasteiger partial charge in [-0.2, -0.15) is 41.6 Å². The van der Waals surface area contributed by atoms with E-state index >= 15 is 0 Å². The van der Waals surface area contributed by atoms with Gasteiger partial charge in [0.1, 0.15) is 0 Å². The van der Waals surface area contributed by atoms with Crippen LogP contribution in [0.3, 0.4) is 0 Å². The molecule has 2 aromatic carbocycles. The van der Waals surface area contributed by atoms with Gasteiger partial charge in [-0.1, -0.05) is 36.4 Å². The highest BCUT2D eigenvalue weighted by Gasteiger charge is 2.36. The number of hydrogen-bond acceptors (Lipinski definition) is 12. The summed E-state index contributed by atoms with van der Waals surface area (Å²) >= 11 is 0. The molecule has 2 fully saturated rings. The smallest absolute Gasteiger partial charge is 0.417 e. The van der Waals surface area contributed by atoms with Crippen molar-refractivity contribution in [2.75, 3.05) is 67.7 Å². The van der Waals surface area contributed by atoms with E-state index in [-0.39, 0.29) is 51.1 Å². The molecule has 22 heteroatoms. The maximum absolute atomic E-state index is 13.8. The van der Waals surface area contributed by atoms with Crippen LogP contribution in [-0.2, 0) is 21.8 Å². The number of ether oxygens (including phenoxy) is 2. The minimum Gasteiger partial charge on any atom is -0.476 e. The number of anilines is 3. The number of hydrogen-bond donors (Lipinski definition) is 2. The van der Waals surface area contributed by atoms with Crippen molar-refractivity contribution in [3.63, 3.8) is 0 Å². The number of aromatic nitrogens is 8. The number of carbonyl (C=O) groups is 2. The highest BCUT2D eigenvalue weighted by atomic mass is 19.4. The summed E-state index contributed by atoms with van der Waals surface area (Å²) < 4.78 is 95.3. The molecule has 0 bridgehead atoms. The number of amides is 1. The van der Waals surface area contributed by atoms with Crippen molar-refractivity contribution in [1.82, 2.24) is 39.4 Å². The lowest BCUT2D eigenvalue weighted by Crippen LogP contribution is -2.36. The van der Waals surface area contributed by atoms with Crippen LogP contribution in [0.15, 0.2) is 79.0 Å². The predicted molar refractivity (Wildman–Crippen MR) is 219 cm³/mol. The first-order valence-electron chi connectivity index (χ1n) is 19.7. The second kappa shape index (κ2) is 17.5. The lowest BCUT2D eigenvalue weighted by Gasteiger charge is -2.29. The maximum Gasteiger partial charge on any atom is 0.417 e. The Bertz CT molecular complexity index is 2860. The van der Waals surface area contributed by atoms with Gasteiger partial charge in [-0.25, -0.2) is 23.8 Å². The standard InChI is InChI=1S/C23H20F3N7O2.C19H17F3N4O3/c1-14-20(22(34)29-19-7-4-8-27-30-19)33-21(28-14)18(32-9-11-35-12-10-32)13-17(31-33)15-5-2-3-6-16(15)23(24,25)26;1-11-16(18(27)28)26-17(23-11)15(25-6-8-29-9-7-25)10-14(24-26)12-4-2-3-5-13(12)19(20,21)22/h2-8,13H,9-12H2,1H3,(H,29,30,34);2-5,10H,6-9H2,1H3,(H,27,28). The van der Waals surface area contributed by atoms with E-state index in [0.717, 1.165) is 16.6 Å². The fourth-order valence-electron chi connectivity index (χ4n) is 7.52. The lowest BCUT2D eigenvalue weighted by molar-refractivity contribution is -0.137. The van der Waals surface area contributed by atoms with Crippen molar-refractivity contribution in [2.24, 2.45) is 0 Å². The van der Waals surface area contributed by atoms with Crippen LogP contribution in [0.2, 0.25) is 0 Å². The van der Waals surface area contributed by atoms with E-state index in [9.17, 15) is 41.0 Å². The third kappa shape index (κ3) is 8.73.